The van der Waals surface area contributed by atoms with Gasteiger partial charge in [-0.1, -0.05) is 0 Å². The van der Waals surface area contributed by atoms with Crippen molar-refractivity contribution in [3.63, 3.8) is 0 Å². The highest BCUT2D eigenvalue weighted by Gasteiger charge is 2.11. The first kappa shape index (κ1) is 12.6. The molecule has 4 nitrogen and oxygen atoms in total. The van der Waals surface area contributed by atoms with Crippen LogP contribution in [0.4, 0.5) is 0 Å². The normalized spacial score (nSPS) is 10.1. The topological polar surface area (TPSA) is 48.4 Å². The molecule has 2 aromatic rings. The van der Waals surface area contributed by atoms with E-state index in [4.69, 9.17) is 9.47 Å². The van der Waals surface area contributed by atoms with Crippen molar-refractivity contribution < 1.29 is 14.3 Å². The molecule has 0 radical (unpaired) electrons. The van der Waals surface area contributed by atoms with Crippen LogP contribution in [0.25, 0.3) is 11.3 Å². The van der Waals surface area contributed by atoms with Crippen LogP contribution in [0.3, 0.4) is 0 Å². The van der Waals surface area contributed by atoms with Gasteiger partial charge in [0.15, 0.2) is 0 Å². The molecule has 0 amide bonds. The second-order valence-corrected chi connectivity index (χ2v) is 4.51. The highest BCUT2D eigenvalue weighted by atomic mass is 32.1. The first-order valence-corrected chi connectivity index (χ1v) is 6.27. The molecule has 0 bridgehead atoms. The first-order chi connectivity index (χ1) is 8.78. The molecular weight excluding hydrogens is 250 g/mol. The number of methoxy groups -OCH3 is 2. The Morgan fingerprint density at radius 2 is 2.17 bits per heavy atom. The number of ether oxygens (including phenoxy) is 2. The first-order valence-electron chi connectivity index (χ1n) is 5.39. The van der Waals surface area contributed by atoms with Gasteiger partial charge in [-0.25, -0.2) is 4.98 Å². The second-order valence-electron chi connectivity index (χ2n) is 3.56. The number of hydrogen-bond acceptors (Lipinski definition) is 5. The van der Waals surface area contributed by atoms with Crippen molar-refractivity contribution in [2.24, 2.45) is 0 Å². The molecule has 18 heavy (non-hydrogen) atoms. The molecule has 1 aromatic carbocycles. The maximum Gasteiger partial charge on any atom is 0.128 e. The van der Waals surface area contributed by atoms with E-state index < -0.39 is 0 Å². The summed E-state index contributed by atoms with van der Waals surface area (Å²) in [7, 11) is 3.23. The molecule has 1 aromatic heterocycles. The fraction of sp³-hybridized carbons (Fsp3) is 0.231. The van der Waals surface area contributed by atoms with Crippen LogP contribution in [0.1, 0.15) is 5.01 Å². The van der Waals surface area contributed by atoms with Crippen molar-refractivity contribution in [1.82, 2.24) is 4.98 Å². The van der Waals surface area contributed by atoms with Crippen molar-refractivity contribution in [3.8, 4) is 22.8 Å². The lowest BCUT2D eigenvalue weighted by molar-refractivity contribution is -0.107. The number of carbonyl (C=O) groups excluding carboxylic acids is 1. The highest BCUT2D eigenvalue weighted by molar-refractivity contribution is 7.10. The molecule has 0 spiro atoms. The quantitative estimate of drug-likeness (QED) is 0.778. The van der Waals surface area contributed by atoms with E-state index in [-0.39, 0.29) is 0 Å². The van der Waals surface area contributed by atoms with Crippen LogP contribution in [-0.2, 0) is 11.2 Å². The third-order valence-electron chi connectivity index (χ3n) is 2.49. The third-order valence-corrected chi connectivity index (χ3v) is 3.36. The summed E-state index contributed by atoms with van der Waals surface area (Å²) in [5.74, 6) is 1.48. The third kappa shape index (κ3) is 2.51. The lowest BCUT2D eigenvalue weighted by atomic mass is 10.1. The van der Waals surface area contributed by atoms with Gasteiger partial charge in [0.25, 0.3) is 0 Å². The van der Waals surface area contributed by atoms with Crippen molar-refractivity contribution in [3.05, 3.63) is 28.6 Å². The molecular formula is C13H13NO3S. The lowest BCUT2D eigenvalue weighted by Gasteiger charge is -2.08. The summed E-state index contributed by atoms with van der Waals surface area (Å²) in [6.07, 6.45) is 1.20. The molecule has 0 saturated carbocycles. The Labute approximate surface area is 109 Å². The Morgan fingerprint density at radius 1 is 1.33 bits per heavy atom. The van der Waals surface area contributed by atoms with Crippen LogP contribution in [-0.4, -0.2) is 25.5 Å². The van der Waals surface area contributed by atoms with Crippen molar-refractivity contribution in [2.45, 2.75) is 6.42 Å². The smallest absolute Gasteiger partial charge is 0.128 e. The lowest BCUT2D eigenvalue weighted by Crippen LogP contribution is -1.91. The second kappa shape index (κ2) is 5.64. The average molecular weight is 263 g/mol. The zero-order chi connectivity index (χ0) is 13.0. The van der Waals surface area contributed by atoms with Gasteiger partial charge < -0.3 is 14.3 Å². The van der Waals surface area contributed by atoms with Crippen molar-refractivity contribution in [1.29, 1.82) is 0 Å². The fourth-order valence-electron chi connectivity index (χ4n) is 1.61. The van der Waals surface area contributed by atoms with Crippen LogP contribution in [0, 0.1) is 0 Å². The van der Waals surface area contributed by atoms with E-state index in [1.54, 1.807) is 14.2 Å². The monoisotopic (exact) mass is 263 g/mol. The largest absolute Gasteiger partial charge is 0.497 e. The van der Waals surface area contributed by atoms with E-state index in [1.165, 1.54) is 11.3 Å². The minimum Gasteiger partial charge on any atom is -0.497 e. The molecule has 0 saturated heterocycles. The SMILES string of the molecule is COc1ccc(OC)c(-c2csc(CC=O)n2)c1. The minimum absolute atomic E-state index is 0.344. The summed E-state index contributed by atoms with van der Waals surface area (Å²) in [6, 6.07) is 5.55. The summed E-state index contributed by atoms with van der Waals surface area (Å²) in [5, 5.41) is 2.71. The molecule has 0 fully saturated rings. The number of benzene rings is 1. The Kier molecular flexibility index (Phi) is 3.94. The van der Waals surface area contributed by atoms with Crippen LogP contribution in [0.15, 0.2) is 23.6 Å². The van der Waals surface area contributed by atoms with E-state index in [9.17, 15) is 4.79 Å². The standard InChI is InChI=1S/C13H13NO3S/c1-16-9-3-4-12(17-2)10(7-9)11-8-18-13(14-11)5-6-15/h3-4,6-8H,5H2,1-2H3. The van der Waals surface area contributed by atoms with E-state index in [1.807, 2.05) is 23.6 Å². The molecule has 0 aliphatic carbocycles. The van der Waals surface area contributed by atoms with Crippen LogP contribution in [0.5, 0.6) is 11.5 Å². The number of carbonyl (C=O) groups is 1. The average Bonchev–Trinajstić information content (AvgIpc) is 2.87. The predicted molar refractivity (Wildman–Crippen MR) is 70.4 cm³/mol. The van der Waals surface area contributed by atoms with E-state index >= 15 is 0 Å². The van der Waals surface area contributed by atoms with Gasteiger partial charge in [0.05, 0.1) is 26.3 Å². The van der Waals surface area contributed by atoms with Gasteiger partial charge in [-0.2, -0.15) is 0 Å². The summed E-state index contributed by atoms with van der Waals surface area (Å²) in [6.45, 7) is 0. The van der Waals surface area contributed by atoms with Crippen molar-refractivity contribution in [2.75, 3.05) is 14.2 Å². The van der Waals surface area contributed by atoms with E-state index in [0.29, 0.717) is 6.42 Å². The Bertz CT molecular complexity index is 551. The fourth-order valence-corrected chi connectivity index (χ4v) is 2.36. The number of rotatable bonds is 5. The molecule has 0 aliphatic heterocycles. The minimum atomic E-state index is 0.344. The Hall–Kier alpha value is -1.88. The van der Waals surface area contributed by atoms with Gasteiger partial charge in [0.2, 0.25) is 0 Å². The van der Waals surface area contributed by atoms with Crippen LogP contribution in [0.2, 0.25) is 0 Å². The highest BCUT2D eigenvalue weighted by Crippen LogP contribution is 2.33. The van der Waals surface area contributed by atoms with Gasteiger partial charge in [-0.15, -0.1) is 11.3 Å². The zero-order valence-corrected chi connectivity index (χ0v) is 11.0. The van der Waals surface area contributed by atoms with Gasteiger partial charge in [-0.3, -0.25) is 0 Å². The molecule has 5 heteroatoms. The van der Waals surface area contributed by atoms with Crippen LogP contribution >= 0.6 is 11.3 Å². The summed E-state index contributed by atoms with van der Waals surface area (Å²) in [4.78, 5) is 14.9. The predicted octanol–water partition coefficient (Wildman–Crippen LogP) is 2.57. The summed E-state index contributed by atoms with van der Waals surface area (Å²) < 4.78 is 10.5. The molecule has 0 unspecified atom stereocenters. The number of hydrogen-bond donors (Lipinski definition) is 0. The molecule has 0 aliphatic rings. The Balaban J connectivity index is 2.43. The van der Waals surface area contributed by atoms with Crippen molar-refractivity contribution >= 4 is 17.6 Å². The Morgan fingerprint density at radius 3 is 2.83 bits per heavy atom. The summed E-state index contributed by atoms with van der Waals surface area (Å²) >= 11 is 1.46. The molecule has 0 atom stereocenters. The van der Waals surface area contributed by atoms with Gasteiger partial charge in [0.1, 0.15) is 22.8 Å². The maximum absolute atomic E-state index is 10.5. The van der Waals surface area contributed by atoms with Crippen LogP contribution < -0.4 is 9.47 Å². The maximum atomic E-state index is 10.5. The zero-order valence-electron chi connectivity index (χ0n) is 10.2. The molecule has 94 valence electrons. The number of aromatic nitrogens is 1. The number of nitrogens with zero attached hydrogens (tertiary/aromatic N) is 1. The number of aldehydes is 1. The van der Waals surface area contributed by atoms with E-state index in [0.717, 1.165) is 34.1 Å². The summed E-state index contributed by atoms with van der Waals surface area (Å²) in [5.41, 5.74) is 1.66. The number of thiazole rings is 1. The van der Waals surface area contributed by atoms with Gasteiger partial charge in [0, 0.05) is 10.9 Å². The van der Waals surface area contributed by atoms with E-state index in [2.05, 4.69) is 4.98 Å². The van der Waals surface area contributed by atoms with Gasteiger partial charge in [-0.05, 0) is 18.2 Å². The molecule has 1 heterocycles. The van der Waals surface area contributed by atoms with Gasteiger partial charge >= 0.3 is 0 Å². The molecule has 0 N–H and O–H groups in total. The molecule has 2 rings (SSSR count).